The molecule has 2 aliphatic rings. The van der Waals surface area contributed by atoms with Crippen LogP contribution in [0.3, 0.4) is 0 Å². The predicted molar refractivity (Wildman–Crippen MR) is 83.6 cm³/mol. The first-order valence-electron chi connectivity index (χ1n) is 7.72. The van der Waals surface area contributed by atoms with Crippen molar-refractivity contribution < 1.29 is 9.53 Å². The SMILES string of the molecule is CNC(CN1C(=O)C(C)(C)c2ccccc21)C1CCOC1. The smallest absolute Gasteiger partial charge is 0.237 e. The van der Waals surface area contributed by atoms with Crippen molar-refractivity contribution in [2.45, 2.75) is 31.7 Å². The van der Waals surface area contributed by atoms with E-state index in [0.717, 1.165) is 30.9 Å². The molecule has 3 rings (SSSR count). The normalized spacial score (nSPS) is 25.2. The summed E-state index contributed by atoms with van der Waals surface area (Å²) < 4.78 is 5.50. The van der Waals surface area contributed by atoms with Crippen LogP contribution in [0.15, 0.2) is 24.3 Å². The first-order chi connectivity index (χ1) is 10.1. The molecule has 2 atom stereocenters. The van der Waals surface area contributed by atoms with Gasteiger partial charge in [0, 0.05) is 30.8 Å². The molecule has 2 heterocycles. The van der Waals surface area contributed by atoms with E-state index in [2.05, 4.69) is 17.4 Å². The van der Waals surface area contributed by atoms with Crippen LogP contribution < -0.4 is 10.2 Å². The minimum Gasteiger partial charge on any atom is -0.381 e. The number of amides is 1. The summed E-state index contributed by atoms with van der Waals surface area (Å²) in [6.45, 7) is 6.36. The Morgan fingerprint density at radius 2 is 2.19 bits per heavy atom. The molecule has 1 saturated heterocycles. The highest BCUT2D eigenvalue weighted by atomic mass is 16.5. The van der Waals surface area contributed by atoms with Gasteiger partial charge in [-0.1, -0.05) is 18.2 Å². The lowest BCUT2D eigenvalue weighted by molar-refractivity contribution is -0.122. The fourth-order valence-electron chi connectivity index (χ4n) is 3.52. The third-order valence-electron chi connectivity index (χ3n) is 4.93. The number of nitrogens with zero attached hydrogens (tertiary/aromatic N) is 1. The fourth-order valence-corrected chi connectivity index (χ4v) is 3.52. The van der Waals surface area contributed by atoms with Gasteiger partial charge in [0.05, 0.1) is 12.0 Å². The summed E-state index contributed by atoms with van der Waals surface area (Å²) in [4.78, 5) is 14.8. The quantitative estimate of drug-likeness (QED) is 0.920. The molecule has 0 bridgehead atoms. The number of fused-ring (bicyclic) bond motifs is 1. The van der Waals surface area contributed by atoms with Crippen LogP contribution >= 0.6 is 0 Å². The Kier molecular flexibility index (Phi) is 3.76. The summed E-state index contributed by atoms with van der Waals surface area (Å²) in [5.74, 6) is 0.682. The zero-order chi connectivity index (χ0) is 15.0. The van der Waals surface area contributed by atoms with Gasteiger partial charge >= 0.3 is 0 Å². The van der Waals surface area contributed by atoms with Crippen LogP contribution in [-0.2, 0) is 14.9 Å². The molecule has 21 heavy (non-hydrogen) atoms. The topological polar surface area (TPSA) is 41.6 Å². The van der Waals surface area contributed by atoms with Crippen molar-refractivity contribution in [2.24, 2.45) is 5.92 Å². The average Bonchev–Trinajstić information content (AvgIpc) is 3.07. The number of likely N-dealkylation sites (N-methyl/N-ethyl adjacent to an activating group) is 1. The Hall–Kier alpha value is -1.39. The molecule has 1 N–H and O–H groups in total. The fraction of sp³-hybridized carbons (Fsp3) is 0.588. The predicted octanol–water partition coefficient (Wildman–Crippen LogP) is 1.94. The number of benzene rings is 1. The van der Waals surface area contributed by atoms with Crippen molar-refractivity contribution in [1.29, 1.82) is 0 Å². The Morgan fingerprint density at radius 3 is 2.86 bits per heavy atom. The number of nitrogens with one attached hydrogen (secondary N) is 1. The highest BCUT2D eigenvalue weighted by Gasteiger charge is 2.44. The van der Waals surface area contributed by atoms with Crippen LogP contribution in [0.1, 0.15) is 25.8 Å². The highest BCUT2D eigenvalue weighted by molar-refractivity contribution is 6.07. The summed E-state index contributed by atoms with van der Waals surface area (Å²) in [6, 6.07) is 8.42. The first kappa shape index (κ1) is 14.5. The molecule has 0 spiro atoms. The van der Waals surface area contributed by atoms with Crippen LogP contribution in [-0.4, -0.2) is 38.8 Å². The maximum atomic E-state index is 12.8. The molecule has 2 unspecified atom stereocenters. The van der Waals surface area contributed by atoms with Crippen molar-refractivity contribution >= 4 is 11.6 Å². The number of para-hydroxylation sites is 1. The molecule has 114 valence electrons. The lowest BCUT2D eigenvalue weighted by Crippen LogP contribution is -2.47. The summed E-state index contributed by atoms with van der Waals surface area (Å²) >= 11 is 0. The number of rotatable bonds is 4. The Balaban J connectivity index is 1.86. The summed E-state index contributed by atoms with van der Waals surface area (Å²) in [6.07, 6.45) is 1.07. The second-order valence-electron chi connectivity index (χ2n) is 6.58. The Labute approximate surface area is 126 Å². The molecule has 0 radical (unpaired) electrons. The van der Waals surface area contributed by atoms with Gasteiger partial charge < -0.3 is 15.0 Å². The lowest BCUT2D eigenvalue weighted by atomic mass is 9.86. The monoisotopic (exact) mass is 288 g/mol. The minimum absolute atomic E-state index is 0.197. The third-order valence-corrected chi connectivity index (χ3v) is 4.93. The van der Waals surface area contributed by atoms with E-state index in [1.54, 1.807) is 0 Å². The van der Waals surface area contributed by atoms with E-state index >= 15 is 0 Å². The molecule has 0 saturated carbocycles. The molecule has 0 aromatic heterocycles. The minimum atomic E-state index is -0.430. The number of hydrogen-bond acceptors (Lipinski definition) is 3. The zero-order valence-corrected chi connectivity index (χ0v) is 13.1. The maximum Gasteiger partial charge on any atom is 0.237 e. The molecule has 0 aliphatic carbocycles. The van der Waals surface area contributed by atoms with Crippen molar-refractivity contribution in [3.8, 4) is 0 Å². The van der Waals surface area contributed by atoms with E-state index in [4.69, 9.17) is 4.74 Å². The van der Waals surface area contributed by atoms with Gasteiger partial charge in [0.1, 0.15) is 0 Å². The van der Waals surface area contributed by atoms with E-state index in [-0.39, 0.29) is 11.9 Å². The maximum absolute atomic E-state index is 12.8. The van der Waals surface area contributed by atoms with Gasteiger partial charge in [-0.15, -0.1) is 0 Å². The molecular formula is C17H24N2O2. The zero-order valence-electron chi connectivity index (χ0n) is 13.1. The summed E-state index contributed by atoms with van der Waals surface area (Å²) in [5, 5.41) is 3.38. The van der Waals surface area contributed by atoms with E-state index in [0.29, 0.717) is 12.5 Å². The van der Waals surface area contributed by atoms with Crippen LogP contribution in [0.5, 0.6) is 0 Å². The van der Waals surface area contributed by atoms with Crippen molar-refractivity contribution in [1.82, 2.24) is 5.32 Å². The van der Waals surface area contributed by atoms with Gasteiger partial charge in [0.25, 0.3) is 0 Å². The van der Waals surface area contributed by atoms with Crippen molar-refractivity contribution in [3.05, 3.63) is 29.8 Å². The third kappa shape index (κ3) is 2.36. The number of carbonyl (C=O) groups excluding carboxylic acids is 1. The first-order valence-corrected chi connectivity index (χ1v) is 7.72. The highest BCUT2D eigenvalue weighted by Crippen LogP contribution is 2.41. The standard InChI is InChI=1S/C17H24N2O2/c1-17(2)13-6-4-5-7-15(13)19(16(17)20)10-14(18-3)12-8-9-21-11-12/h4-7,12,14,18H,8-11H2,1-3H3. The van der Waals surface area contributed by atoms with Crippen LogP contribution in [0, 0.1) is 5.92 Å². The van der Waals surface area contributed by atoms with Crippen LogP contribution in [0.2, 0.25) is 0 Å². The summed E-state index contributed by atoms with van der Waals surface area (Å²) in [5.41, 5.74) is 1.76. The van der Waals surface area contributed by atoms with Gasteiger partial charge in [-0.25, -0.2) is 0 Å². The molecule has 1 fully saturated rings. The van der Waals surface area contributed by atoms with Gasteiger partial charge in [0.2, 0.25) is 5.91 Å². The molecule has 2 aliphatic heterocycles. The second-order valence-corrected chi connectivity index (χ2v) is 6.58. The van der Waals surface area contributed by atoms with Gasteiger partial charge in [-0.3, -0.25) is 4.79 Å². The number of hydrogen-bond donors (Lipinski definition) is 1. The van der Waals surface area contributed by atoms with Crippen molar-refractivity contribution in [3.63, 3.8) is 0 Å². The Morgan fingerprint density at radius 1 is 1.43 bits per heavy atom. The number of ether oxygens (including phenoxy) is 1. The van der Waals surface area contributed by atoms with E-state index < -0.39 is 5.41 Å². The molecule has 1 aromatic rings. The van der Waals surface area contributed by atoms with Gasteiger partial charge in [-0.05, 0) is 38.9 Å². The van der Waals surface area contributed by atoms with Gasteiger partial charge in [0.15, 0.2) is 0 Å². The van der Waals surface area contributed by atoms with E-state index in [9.17, 15) is 4.79 Å². The molecule has 4 heteroatoms. The van der Waals surface area contributed by atoms with Gasteiger partial charge in [-0.2, -0.15) is 0 Å². The summed E-state index contributed by atoms with van der Waals surface area (Å²) in [7, 11) is 1.97. The lowest BCUT2D eigenvalue weighted by Gasteiger charge is -2.28. The Bertz CT molecular complexity index is 535. The average molecular weight is 288 g/mol. The van der Waals surface area contributed by atoms with E-state index in [1.165, 1.54) is 0 Å². The second kappa shape index (κ2) is 5.43. The number of carbonyl (C=O) groups is 1. The molecule has 1 amide bonds. The largest absolute Gasteiger partial charge is 0.381 e. The number of anilines is 1. The van der Waals surface area contributed by atoms with Crippen LogP contribution in [0.4, 0.5) is 5.69 Å². The molecule has 4 nitrogen and oxygen atoms in total. The van der Waals surface area contributed by atoms with E-state index in [1.807, 2.05) is 37.9 Å². The molecule has 1 aromatic carbocycles. The molecular weight excluding hydrogens is 264 g/mol. The van der Waals surface area contributed by atoms with Crippen molar-refractivity contribution in [2.75, 3.05) is 31.7 Å². The van der Waals surface area contributed by atoms with Crippen LogP contribution in [0.25, 0.3) is 0 Å².